The highest BCUT2D eigenvalue weighted by atomic mass is 19.4. The molecule has 702 valence electrons. The fourth-order valence-corrected chi connectivity index (χ4v) is 9.19. The normalized spacial score (nSPS) is 12.9. The topological polar surface area (TPSA) is 237 Å². The van der Waals surface area contributed by atoms with Crippen LogP contribution in [-0.2, 0) is 114 Å². The van der Waals surface area contributed by atoms with Crippen LogP contribution in [0, 0.1) is 11.3 Å². The first-order valence-electron chi connectivity index (χ1n) is 41.9. The minimum atomic E-state index is -7.93. The highest BCUT2D eigenvalue weighted by molar-refractivity contribution is 5.75. The molecule has 1 atom stereocenters. The van der Waals surface area contributed by atoms with Gasteiger partial charge < -0.3 is 104 Å². The highest BCUT2D eigenvalue weighted by Crippen LogP contribution is 2.60. The van der Waals surface area contributed by atoms with E-state index in [-0.39, 0.29) is 12.4 Å². The van der Waals surface area contributed by atoms with E-state index < -0.39 is 66.1 Å². The molecule has 1 unspecified atom stereocenters. The molecule has 0 aromatic rings. The summed E-state index contributed by atoms with van der Waals surface area (Å²) in [5, 5.41) is 0. The van der Waals surface area contributed by atoms with Crippen LogP contribution in [0.15, 0.2) is 0 Å². The van der Waals surface area contributed by atoms with Crippen LogP contribution >= 0.6 is 0 Å². The SMILES string of the molecule is CCC(C)(C)C(=O)OCCCOCCCOCCCOCCCOCCCOCCCOCCCOCCCOCCCOCCCOCCCOCCCOCCCOCCCOCCCOCCCOCCCOCCCOCCCOCCCOC.CCC(C)C(=O)OCCC(F)(F)C(F)(F)C(F)(F)C(F)(F)C(F)(F)C(F)(F)F. The summed E-state index contributed by atoms with van der Waals surface area (Å²) in [6, 6.07) is 0. The van der Waals surface area contributed by atoms with Crippen molar-refractivity contribution < 1.29 is 171 Å². The van der Waals surface area contributed by atoms with Gasteiger partial charge in [-0.25, -0.2) is 0 Å². The van der Waals surface area contributed by atoms with Crippen LogP contribution < -0.4 is 0 Å². The molecule has 37 heteroatoms. The Morgan fingerprint density at radius 3 is 0.598 bits per heavy atom. The van der Waals surface area contributed by atoms with E-state index in [2.05, 4.69) is 4.74 Å². The molecule has 24 nitrogen and oxygen atoms in total. The molecule has 0 saturated heterocycles. The average Bonchev–Trinajstić information content (AvgIpc) is 0.712. The lowest BCUT2D eigenvalue weighted by Crippen LogP contribution is -2.70. The number of hydrogen-bond acceptors (Lipinski definition) is 24. The van der Waals surface area contributed by atoms with E-state index in [4.69, 9.17) is 99.5 Å². The Morgan fingerprint density at radius 2 is 0.427 bits per heavy atom. The lowest BCUT2D eigenvalue weighted by atomic mass is 9.91. The van der Waals surface area contributed by atoms with Gasteiger partial charge in [0.05, 0.1) is 31.0 Å². The number of halogens is 13. The second-order valence-corrected chi connectivity index (χ2v) is 27.8. The molecule has 0 aliphatic carbocycles. The van der Waals surface area contributed by atoms with Crippen molar-refractivity contribution >= 4 is 11.9 Å². The Kier molecular flexibility index (Phi) is 78.7. The molecule has 0 heterocycles. The Morgan fingerprint density at radius 1 is 0.248 bits per heavy atom. The number of hydrogen-bond donors (Lipinski definition) is 0. The Balaban J connectivity index is 0. The van der Waals surface area contributed by atoms with Gasteiger partial charge in [0.1, 0.15) is 0 Å². The zero-order valence-corrected chi connectivity index (χ0v) is 71.0. The van der Waals surface area contributed by atoms with Crippen LogP contribution in [-0.4, -0.2) is 326 Å². The number of ether oxygens (including phenoxy) is 22. The van der Waals surface area contributed by atoms with Crippen molar-refractivity contribution in [3.63, 3.8) is 0 Å². The lowest BCUT2D eigenvalue weighted by molar-refractivity contribution is -0.440. The quantitative estimate of drug-likeness (QED) is 0.0312. The molecule has 0 radical (unpaired) electrons. The largest absolute Gasteiger partial charge is 0.465 e. The standard InChI is InChI=1S/C67H134O22.C13H13F13O2/c1-5-67(2,3)66(68)89-65-25-64-88-63-24-62-87-61-23-60-86-59-22-58-85-57-21-56-84-55-20-54-83-53-19-52-82-51-18-50-81-49-17-48-80-47-16-46-79-45-15-44-78-43-14-42-77-41-13-40-76-39-12-38-75-37-11-36-74-35-10-34-73-33-9-32-72-31-8-30-71-29-7-28-70-27-6-26-69-4;1-3-6(2)7(27)28-5-4-8(14,15)9(16,17)10(18,19)11(20,21)12(22,23)13(24,25)26/h5-65H2,1-4H3;6H,3-5H2,1-2H3. The molecule has 0 bridgehead atoms. The molecule has 0 N–H and O–H groups in total. The van der Waals surface area contributed by atoms with E-state index >= 15 is 0 Å². The van der Waals surface area contributed by atoms with E-state index in [0.717, 1.165) is 161 Å². The Bertz CT molecular complexity index is 2150. The Hall–Kier alpha value is -2.77. The monoisotopic (exact) mass is 1740 g/mol. The maximum atomic E-state index is 13.4. The van der Waals surface area contributed by atoms with Gasteiger partial charge in [0.15, 0.2) is 0 Å². The first kappa shape index (κ1) is 116. The van der Waals surface area contributed by atoms with Gasteiger partial charge in [-0.15, -0.1) is 0 Å². The van der Waals surface area contributed by atoms with Crippen LogP contribution in [0.25, 0.3) is 0 Å². The van der Waals surface area contributed by atoms with E-state index in [1.54, 1.807) is 7.11 Å². The van der Waals surface area contributed by atoms with E-state index in [9.17, 15) is 66.7 Å². The zero-order valence-electron chi connectivity index (χ0n) is 71.0. The minimum Gasteiger partial charge on any atom is -0.465 e. The summed E-state index contributed by atoms with van der Waals surface area (Å²) in [7, 11) is 1.71. The van der Waals surface area contributed by atoms with Crippen molar-refractivity contribution in [1.29, 1.82) is 0 Å². The number of carbonyl (C=O) groups is 2. The maximum absolute atomic E-state index is 13.4. The first-order chi connectivity index (χ1) is 56.2. The molecule has 0 aromatic heterocycles. The van der Waals surface area contributed by atoms with Crippen molar-refractivity contribution in [2.24, 2.45) is 11.3 Å². The van der Waals surface area contributed by atoms with Crippen molar-refractivity contribution in [2.75, 3.05) is 278 Å². The minimum absolute atomic E-state index is 0.0855. The predicted octanol–water partition coefficient (Wildman–Crippen LogP) is 15.4. The summed E-state index contributed by atoms with van der Waals surface area (Å²) in [6.45, 7) is 34.3. The van der Waals surface area contributed by atoms with Gasteiger partial charge in [-0.05, 0) is 149 Å². The zero-order chi connectivity index (χ0) is 87.0. The van der Waals surface area contributed by atoms with Gasteiger partial charge in [0.2, 0.25) is 0 Å². The van der Waals surface area contributed by atoms with E-state index in [1.165, 1.54) is 13.8 Å². The smallest absolute Gasteiger partial charge is 0.460 e. The fraction of sp³-hybridized carbons (Fsp3) is 0.975. The molecular formula is C80H147F13O24. The summed E-state index contributed by atoms with van der Waals surface area (Å²) in [5.41, 5.74) is -0.422. The van der Waals surface area contributed by atoms with Crippen molar-refractivity contribution in [2.45, 2.75) is 218 Å². The third-order valence-electron chi connectivity index (χ3n) is 16.8. The van der Waals surface area contributed by atoms with Gasteiger partial charge in [0, 0.05) is 271 Å². The van der Waals surface area contributed by atoms with Crippen LogP contribution in [0.1, 0.15) is 182 Å². The summed E-state index contributed by atoms with van der Waals surface area (Å²) >= 11 is 0. The van der Waals surface area contributed by atoms with Crippen LogP contribution in [0.4, 0.5) is 57.1 Å². The van der Waals surface area contributed by atoms with Crippen LogP contribution in [0.3, 0.4) is 0 Å². The number of esters is 2. The Labute approximate surface area is 688 Å². The average molecular weight is 1740 g/mol. The lowest BCUT2D eigenvalue weighted by Gasteiger charge is -2.39. The molecule has 0 amide bonds. The van der Waals surface area contributed by atoms with Crippen molar-refractivity contribution in [3.05, 3.63) is 0 Å². The van der Waals surface area contributed by atoms with E-state index in [0.29, 0.717) is 238 Å². The predicted molar refractivity (Wildman–Crippen MR) is 411 cm³/mol. The summed E-state index contributed by atoms with van der Waals surface area (Å²) in [6.07, 6.45) is 8.42. The summed E-state index contributed by atoms with van der Waals surface area (Å²) < 4.78 is 289. The summed E-state index contributed by atoms with van der Waals surface area (Å²) in [4.78, 5) is 23.1. The van der Waals surface area contributed by atoms with Gasteiger partial charge >= 0.3 is 47.7 Å². The maximum Gasteiger partial charge on any atom is 0.460 e. The molecule has 0 saturated carbocycles. The first-order valence-corrected chi connectivity index (χ1v) is 41.9. The molecule has 0 fully saturated rings. The molecule has 0 rings (SSSR count). The van der Waals surface area contributed by atoms with Gasteiger partial charge in [-0.2, -0.15) is 57.1 Å². The second kappa shape index (κ2) is 79.2. The number of carbonyl (C=O) groups excluding carboxylic acids is 2. The van der Waals surface area contributed by atoms with E-state index in [1.807, 2.05) is 20.8 Å². The molecule has 0 spiro atoms. The number of alkyl halides is 13. The highest BCUT2D eigenvalue weighted by Gasteiger charge is 2.90. The van der Waals surface area contributed by atoms with Crippen molar-refractivity contribution in [3.8, 4) is 0 Å². The fourth-order valence-electron chi connectivity index (χ4n) is 9.19. The molecular weight excluding hydrogens is 1590 g/mol. The molecule has 117 heavy (non-hydrogen) atoms. The third-order valence-corrected chi connectivity index (χ3v) is 16.8. The second-order valence-electron chi connectivity index (χ2n) is 27.8. The molecule has 0 aliphatic heterocycles. The number of methoxy groups -OCH3 is 1. The molecule has 0 aliphatic rings. The number of rotatable bonds is 91. The molecule has 0 aromatic carbocycles. The van der Waals surface area contributed by atoms with Gasteiger partial charge in [-0.1, -0.05) is 20.8 Å². The van der Waals surface area contributed by atoms with Crippen LogP contribution in [0.2, 0.25) is 0 Å². The third kappa shape index (κ3) is 65.5. The summed E-state index contributed by atoms with van der Waals surface area (Å²) in [5.74, 6) is -39.5. The van der Waals surface area contributed by atoms with Crippen molar-refractivity contribution in [1.82, 2.24) is 0 Å². The van der Waals surface area contributed by atoms with Gasteiger partial charge in [-0.3, -0.25) is 9.59 Å². The van der Waals surface area contributed by atoms with Gasteiger partial charge in [0.25, 0.3) is 0 Å². The van der Waals surface area contributed by atoms with Crippen LogP contribution in [0.5, 0.6) is 0 Å².